The first-order valence-corrected chi connectivity index (χ1v) is 9.48. The Kier molecular flexibility index (Phi) is 4.56. The number of rotatable bonds is 4. The van der Waals surface area contributed by atoms with Crippen LogP contribution in [0.25, 0.3) is 0 Å². The van der Waals surface area contributed by atoms with Crippen LogP contribution < -0.4 is 4.90 Å². The van der Waals surface area contributed by atoms with Crippen molar-refractivity contribution >= 4 is 16.5 Å². The molecule has 0 amide bonds. The Morgan fingerprint density at radius 1 is 1.25 bits per heavy atom. The predicted octanol–water partition coefficient (Wildman–Crippen LogP) is 2.92. The highest BCUT2D eigenvalue weighted by atomic mass is 32.1. The van der Waals surface area contributed by atoms with E-state index in [1.807, 2.05) is 31.4 Å². The van der Waals surface area contributed by atoms with Gasteiger partial charge < -0.3 is 14.2 Å². The van der Waals surface area contributed by atoms with Crippen molar-refractivity contribution in [2.75, 3.05) is 37.7 Å². The van der Waals surface area contributed by atoms with Crippen molar-refractivity contribution in [3.8, 4) is 0 Å². The van der Waals surface area contributed by atoms with Gasteiger partial charge >= 0.3 is 0 Å². The van der Waals surface area contributed by atoms with Crippen molar-refractivity contribution in [1.29, 1.82) is 0 Å². The van der Waals surface area contributed by atoms with Crippen molar-refractivity contribution in [1.82, 2.24) is 15.0 Å². The number of aromatic nitrogens is 2. The van der Waals surface area contributed by atoms with E-state index in [0.29, 0.717) is 6.04 Å². The standard InChI is InChI=1S/C17H24N4O2S/c1-12-16(13(2)23-19-12)15-4-3-5-21(15)11-14-10-18-17(24-14)20-6-8-22-9-7-20/h10,15H,3-9,11H2,1-2H3/t15-/m0/s1. The highest BCUT2D eigenvalue weighted by Gasteiger charge is 2.31. The number of hydrogen-bond acceptors (Lipinski definition) is 7. The molecule has 2 aliphatic rings. The maximum absolute atomic E-state index is 5.43. The Morgan fingerprint density at radius 2 is 2.08 bits per heavy atom. The van der Waals surface area contributed by atoms with E-state index in [1.54, 1.807) is 0 Å². The molecule has 0 aromatic carbocycles. The minimum absolute atomic E-state index is 0.421. The third-order valence-electron chi connectivity index (χ3n) is 4.97. The summed E-state index contributed by atoms with van der Waals surface area (Å²) in [5, 5.41) is 5.26. The molecule has 6 nitrogen and oxygen atoms in total. The molecule has 4 rings (SSSR count). The molecule has 0 aliphatic carbocycles. The van der Waals surface area contributed by atoms with Crippen LogP contribution in [0.15, 0.2) is 10.7 Å². The van der Waals surface area contributed by atoms with Gasteiger partial charge in [-0.05, 0) is 33.2 Å². The third-order valence-corrected chi connectivity index (χ3v) is 6.01. The number of likely N-dealkylation sites (tertiary alicyclic amines) is 1. The lowest BCUT2D eigenvalue weighted by molar-refractivity contribution is 0.122. The summed E-state index contributed by atoms with van der Waals surface area (Å²) in [5.41, 5.74) is 2.31. The number of morpholine rings is 1. The molecule has 2 aromatic rings. The van der Waals surface area contributed by atoms with Crippen molar-refractivity contribution in [2.24, 2.45) is 0 Å². The average Bonchev–Trinajstić information content (AvgIpc) is 3.31. The number of aryl methyl sites for hydroxylation is 2. The van der Waals surface area contributed by atoms with Gasteiger partial charge in [-0.3, -0.25) is 4.90 Å². The number of ether oxygens (including phenoxy) is 1. The fourth-order valence-corrected chi connectivity index (χ4v) is 4.77. The lowest BCUT2D eigenvalue weighted by Gasteiger charge is -2.26. The van der Waals surface area contributed by atoms with Crippen LogP contribution in [0.5, 0.6) is 0 Å². The summed E-state index contributed by atoms with van der Waals surface area (Å²) in [7, 11) is 0. The van der Waals surface area contributed by atoms with Crippen LogP contribution in [0.3, 0.4) is 0 Å². The zero-order valence-electron chi connectivity index (χ0n) is 14.3. The average molecular weight is 348 g/mol. The predicted molar refractivity (Wildman–Crippen MR) is 93.5 cm³/mol. The molecule has 0 radical (unpaired) electrons. The van der Waals surface area contributed by atoms with E-state index in [9.17, 15) is 0 Å². The smallest absolute Gasteiger partial charge is 0.185 e. The molecule has 0 saturated carbocycles. The second kappa shape index (κ2) is 6.82. The Hall–Kier alpha value is -1.44. The Morgan fingerprint density at radius 3 is 2.83 bits per heavy atom. The minimum Gasteiger partial charge on any atom is -0.378 e. The Balaban J connectivity index is 1.47. The second-order valence-corrected chi connectivity index (χ2v) is 7.67. The zero-order chi connectivity index (χ0) is 16.5. The molecule has 24 heavy (non-hydrogen) atoms. The molecule has 1 atom stereocenters. The first-order chi connectivity index (χ1) is 11.7. The van der Waals surface area contributed by atoms with Crippen LogP contribution >= 0.6 is 11.3 Å². The second-order valence-electron chi connectivity index (χ2n) is 6.57. The Bertz CT molecular complexity index is 673. The third kappa shape index (κ3) is 3.08. The zero-order valence-corrected chi connectivity index (χ0v) is 15.1. The van der Waals surface area contributed by atoms with E-state index in [1.165, 1.54) is 23.3 Å². The topological polar surface area (TPSA) is 54.6 Å². The summed E-state index contributed by atoms with van der Waals surface area (Å²) in [4.78, 5) is 10.8. The van der Waals surface area contributed by atoms with Crippen molar-refractivity contribution < 1.29 is 9.26 Å². The van der Waals surface area contributed by atoms with Crippen molar-refractivity contribution in [3.63, 3.8) is 0 Å². The van der Waals surface area contributed by atoms with Gasteiger partial charge in [-0.1, -0.05) is 5.16 Å². The summed E-state index contributed by atoms with van der Waals surface area (Å²) >= 11 is 1.81. The van der Waals surface area contributed by atoms with E-state index in [4.69, 9.17) is 9.26 Å². The quantitative estimate of drug-likeness (QED) is 0.847. The molecule has 7 heteroatoms. The van der Waals surface area contributed by atoms with Gasteiger partial charge in [-0.15, -0.1) is 11.3 Å². The summed E-state index contributed by atoms with van der Waals surface area (Å²) in [5.74, 6) is 0.961. The minimum atomic E-state index is 0.421. The van der Waals surface area contributed by atoms with Gasteiger partial charge in [0.15, 0.2) is 5.13 Å². The van der Waals surface area contributed by atoms with E-state index in [0.717, 1.165) is 56.0 Å². The number of thiazole rings is 1. The van der Waals surface area contributed by atoms with Crippen molar-refractivity contribution in [2.45, 2.75) is 39.3 Å². The van der Waals surface area contributed by atoms with Crippen molar-refractivity contribution in [3.05, 3.63) is 28.1 Å². The lowest BCUT2D eigenvalue weighted by atomic mass is 10.0. The van der Waals surface area contributed by atoms with Crippen LogP contribution in [0.1, 0.15) is 40.8 Å². The maximum Gasteiger partial charge on any atom is 0.185 e. The van der Waals surface area contributed by atoms with Gasteiger partial charge in [0, 0.05) is 42.3 Å². The molecule has 0 N–H and O–H groups in total. The van der Waals surface area contributed by atoms with Crippen LogP contribution in [0.2, 0.25) is 0 Å². The van der Waals surface area contributed by atoms with Gasteiger partial charge in [0.2, 0.25) is 0 Å². The molecular weight excluding hydrogens is 324 g/mol. The SMILES string of the molecule is Cc1noc(C)c1[C@@H]1CCCN1Cc1cnc(N2CCOCC2)s1. The molecule has 0 unspecified atom stereocenters. The molecule has 2 aromatic heterocycles. The first kappa shape index (κ1) is 16.1. The number of hydrogen-bond donors (Lipinski definition) is 0. The van der Waals surface area contributed by atoms with Crippen LogP contribution in [0.4, 0.5) is 5.13 Å². The summed E-state index contributed by atoms with van der Waals surface area (Å²) in [6, 6.07) is 0.421. The van der Waals surface area contributed by atoms with E-state index in [2.05, 4.69) is 19.9 Å². The summed E-state index contributed by atoms with van der Waals surface area (Å²) < 4.78 is 10.8. The molecule has 2 aliphatic heterocycles. The number of nitrogens with zero attached hydrogens (tertiary/aromatic N) is 4. The van der Waals surface area contributed by atoms with Crippen LogP contribution in [0, 0.1) is 13.8 Å². The van der Waals surface area contributed by atoms with Gasteiger partial charge in [0.05, 0.1) is 18.9 Å². The molecule has 4 heterocycles. The molecule has 2 saturated heterocycles. The van der Waals surface area contributed by atoms with Gasteiger partial charge in [0.1, 0.15) is 5.76 Å². The highest BCUT2D eigenvalue weighted by Crippen LogP contribution is 2.37. The highest BCUT2D eigenvalue weighted by molar-refractivity contribution is 7.15. The van der Waals surface area contributed by atoms with Gasteiger partial charge in [0.25, 0.3) is 0 Å². The van der Waals surface area contributed by atoms with Gasteiger partial charge in [-0.25, -0.2) is 4.98 Å². The number of anilines is 1. The maximum atomic E-state index is 5.43. The monoisotopic (exact) mass is 348 g/mol. The molecule has 0 spiro atoms. The largest absolute Gasteiger partial charge is 0.378 e. The van der Waals surface area contributed by atoms with Crippen LogP contribution in [-0.2, 0) is 11.3 Å². The molecule has 0 bridgehead atoms. The molecule has 2 fully saturated rings. The van der Waals surface area contributed by atoms with E-state index in [-0.39, 0.29) is 0 Å². The van der Waals surface area contributed by atoms with E-state index >= 15 is 0 Å². The fourth-order valence-electron chi connectivity index (χ4n) is 3.78. The summed E-state index contributed by atoms with van der Waals surface area (Å²) in [6.45, 7) is 9.64. The van der Waals surface area contributed by atoms with E-state index < -0.39 is 0 Å². The lowest BCUT2D eigenvalue weighted by Crippen LogP contribution is -2.36. The first-order valence-electron chi connectivity index (χ1n) is 8.66. The Labute approximate surface area is 146 Å². The van der Waals surface area contributed by atoms with Gasteiger partial charge in [-0.2, -0.15) is 0 Å². The normalized spacial score (nSPS) is 22.4. The molecule has 130 valence electrons. The van der Waals surface area contributed by atoms with Crippen LogP contribution in [-0.4, -0.2) is 47.9 Å². The fraction of sp³-hybridized carbons (Fsp3) is 0.647. The summed E-state index contributed by atoms with van der Waals surface area (Å²) in [6.07, 6.45) is 4.44. The molecular formula is C17H24N4O2S.